The highest BCUT2D eigenvalue weighted by atomic mass is 35.5. The number of nitro benzene ring substituents is 4. The van der Waals surface area contributed by atoms with Gasteiger partial charge in [-0.15, -0.1) is 0 Å². The second-order valence-corrected chi connectivity index (χ2v) is 10.2. The van der Waals surface area contributed by atoms with Gasteiger partial charge in [0.25, 0.3) is 34.6 Å². The molecule has 0 bridgehead atoms. The molecule has 19 heteroatoms. The molecule has 5 aromatic rings. The van der Waals surface area contributed by atoms with Crippen molar-refractivity contribution in [2.24, 2.45) is 0 Å². The Bertz CT molecular complexity index is 1950. The second-order valence-electron chi connectivity index (χ2n) is 9.29. The van der Waals surface area contributed by atoms with E-state index in [0.29, 0.717) is 22.9 Å². The Morgan fingerprint density at radius 1 is 0.533 bits per heavy atom. The van der Waals surface area contributed by atoms with Gasteiger partial charge in [-0.2, -0.15) is 0 Å². The molecule has 0 unspecified atom stereocenters. The maximum absolute atomic E-state index is 13.1. The number of nitrogens with zero attached hydrogens (tertiary/aromatic N) is 4. The van der Waals surface area contributed by atoms with Crippen molar-refractivity contribution in [3.63, 3.8) is 0 Å². The summed E-state index contributed by atoms with van der Waals surface area (Å²) >= 11 is 12.6. The van der Waals surface area contributed by atoms with Crippen LogP contribution in [0.3, 0.4) is 0 Å². The molecule has 45 heavy (non-hydrogen) atoms. The van der Waals surface area contributed by atoms with Crippen molar-refractivity contribution in [1.82, 2.24) is 4.98 Å². The van der Waals surface area contributed by atoms with Gasteiger partial charge in [0.05, 0.1) is 65.4 Å². The summed E-state index contributed by atoms with van der Waals surface area (Å²) in [7, 11) is 0. The van der Waals surface area contributed by atoms with Gasteiger partial charge in [0, 0.05) is 45.1 Å². The van der Waals surface area contributed by atoms with Gasteiger partial charge in [0.2, 0.25) is 0 Å². The van der Waals surface area contributed by atoms with Crippen LogP contribution in [0.4, 0.5) is 34.1 Å². The number of amides is 2. The Hall–Kier alpha value is -6.20. The zero-order chi connectivity index (χ0) is 32.7. The van der Waals surface area contributed by atoms with Crippen LogP contribution in [0.25, 0.3) is 21.8 Å². The number of H-pyrrole nitrogens is 1. The number of benzene rings is 4. The molecule has 1 aromatic heterocycles. The van der Waals surface area contributed by atoms with Crippen LogP contribution in [0.1, 0.15) is 20.7 Å². The van der Waals surface area contributed by atoms with Crippen LogP contribution in [0.5, 0.6) is 0 Å². The van der Waals surface area contributed by atoms with Crippen molar-refractivity contribution < 1.29 is 29.3 Å². The van der Waals surface area contributed by atoms with Gasteiger partial charge in [0.15, 0.2) is 0 Å². The van der Waals surface area contributed by atoms with Crippen LogP contribution in [0.15, 0.2) is 60.7 Å². The molecule has 1 heterocycles. The summed E-state index contributed by atoms with van der Waals surface area (Å²) in [6.45, 7) is 0. The third kappa shape index (κ3) is 6.01. The van der Waals surface area contributed by atoms with E-state index in [1.807, 2.05) is 0 Å². The molecular formula is C26H13Cl2N7O10. The molecular weight excluding hydrogens is 641 g/mol. The van der Waals surface area contributed by atoms with Crippen LogP contribution in [0, 0.1) is 40.5 Å². The number of nitrogens with one attached hydrogen (secondary N) is 3. The first kappa shape index (κ1) is 30.3. The third-order valence-electron chi connectivity index (χ3n) is 6.42. The highest BCUT2D eigenvalue weighted by molar-refractivity contribution is 6.35. The highest BCUT2D eigenvalue weighted by Crippen LogP contribution is 2.39. The summed E-state index contributed by atoms with van der Waals surface area (Å²) in [5.41, 5.74) is -2.91. The lowest BCUT2D eigenvalue weighted by Crippen LogP contribution is -2.13. The fourth-order valence-electron chi connectivity index (χ4n) is 4.49. The molecule has 0 radical (unpaired) electrons. The number of aromatic nitrogens is 1. The first-order chi connectivity index (χ1) is 21.2. The Morgan fingerprint density at radius 3 is 1.13 bits per heavy atom. The van der Waals surface area contributed by atoms with E-state index in [2.05, 4.69) is 15.6 Å². The van der Waals surface area contributed by atoms with E-state index in [4.69, 9.17) is 23.2 Å². The molecule has 226 valence electrons. The zero-order valence-corrected chi connectivity index (χ0v) is 23.4. The highest BCUT2D eigenvalue weighted by Gasteiger charge is 2.23. The van der Waals surface area contributed by atoms with Gasteiger partial charge < -0.3 is 15.6 Å². The molecule has 0 saturated heterocycles. The maximum Gasteiger partial charge on any atom is 0.277 e. The molecule has 17 nitrogen and oxygen atoms in total. The number of rotatable bonds is 8. The topological polar surface area (TPSA) is 247 Å². The van der Waals surface area contributed by atoms with Crippen molar-refractivity contribution in [1.29, 1.82) is 0 Å². The summed E-state index contributed by atoms with van der Waals surface area (Å²) in [4.78, 5) is 70.8. The SMILES string of the molecule is O=C(Nc1cc(Cl)cc2c1[nH]c1c(NC(=O)c3cc([N+](=O)[O-])cc([N+](=O)[O-])c3)cc(Cl)cc12)c1cc([N+](=O)[O-])cc([N+](=O)[O-])c1. The minimum Gasteiger partial charge on any atom is -0.351 e. The van der Waals surface area contributed by atoms with Crippen molar-refractivity contribution in [3.05, 3.63) is 122 Å². The number of carbonyl (C=O) groups is 2. The molecule has 0 atom stereocenters. The molecule has 0 fully saturated rings. The number of hydrogen-bond donors (Lipinski definition) is 3. The Balaban J connectivity index is 1.58. The molecule has 0 aliphatic carbocycles. The fourth-order valence-corrected chi connectivity index (χ4v) is 4.93. The van der Waals surface area contributed by atoms with Crippen molar-refractivity contribution in [2.75, 3.05) is 10.6 Å². The lowest BCUT2D eigenvalue weighted by Gasteiger charge is -2.08. The number of hydrogen-bond acceptors (Lipinski definition) is 10. The smallest absolute Gasteiger partial charge is 0.277 e. The van der Waals surface area contributed by atoms with Crippen LogP contribution in [-0.4, -0.2) is 36.5 Å². The second kappa shape index (κ2) is 11.5. The monoisotopic (exact) mass is 653 g/mol. The normalized spacial score (nSPS) is 10.9. The number of non-ortho nitro benzene ring substituents is 4. The Labute approximate surface area is 257 Å². The average Bonchev–Trinajstić information content (AvgIpc) is 3.35. The van der Waals surface area contributed by atoms with E-state index in [9.17, 15) is 50.0 Å². The van der Waals surface area contributed by atoms with E-state index in [-0.39, 0.29) is 43.6 Å². The lowest BCUT2D eigenvalue weighted by molar-refractivity contribution is -0.394. The summed E-state index contributed by atoms with van der Waals surface area (Å²) in [6, 6.07) is 10.6. The number of halogens is 2. The Morgan fingerprint density at radius 2 is 0.844 bits per heavy atom. The summed E-state index contributed by atoms with van der Waals surface area (Å²) in [5, 5.41) is 51.2. The van der Waals surface area contributed by atoms with E-state index in [1.165, 1.54) is 24.3 Å². The van der Waals surface area contributed by atoms with E-state index in [0.717, 1.165) is 24.3 Å². The van der Waals surface area contributed by atoms with Crippen molar-refractivity contribution in [2.45, 2.75) is 0 Å². The van der Waals surface area contributed by atoms with E-state index >= 15 is 0 Å². The number of nitro groups is 4. The maximum atomic E-state index is 13.1. The van der Waals surface area contributed by atoms with Gasteiger partial charge in [0.1, 0.15) is 0 Å². The lowest BCUT2D eigenvalue weighted by atomic mass is 10.1. The molecule has 4 aromatic carbocycles. The van der Waals surface area contributed by atoms with Gasteiger partial charge in [-0.3, -0.25) is 50.0 Å². The molecule has 0 saturated carbocycles. The van der Waals surface area contributed by atoms with Gasteiger partial charge in [-0.25, -0.2) is 0 Å². The van der Waals surface area contributed by atoms with E-state index in [1.54, 1.807) is 0 Å². The zero-order valence-electron chi connectivity index (χ0n) is 21.9. The van der Waals surface area contributed by atoms with Gasteiger partial charge >= 0.3 is 0 Å². The van der Waals surface area contributed by atoms with Crippen LogP contribution in [-0.2, 0) is 0 Å². The summed E-state index contributed by atoms with van der Waals surface area (Å²) < 4.78 is 0. The fraction of sp³-hybridized carbons (Fsp3) is 0. The van der Waals surface area contributed by atoms with Crippen LogP contribution < -0.4 is 10.6 Å². The first-order valence-corrected chi connectivity index (χ1v) is 12.9. The van der Waals surface area contributed by atoms with Crippen molar-refractivity contribution in [3.8, 4) is 0 Å². The van der Waals surface area contributed by atoms with Gasteiger partial charge in [-0.05, 0) is 24.3 Å². The molecule has 0 aliphatic heterocycles. The van der Waals surface area contributed by atoms with Gasteiger partial charge in [-0.1, -0.05) is 23.2 Å². The predicted octanol–water partition coefficient (Wildman–Crippen LogP) is 6.77. The minimum atomic E-state index is -0.942. The average molecular weight is 654 g/mol. The molecule has 5 rings (SSSR count). The third-order valence-corrected chi connectivity index (χ3v) is 6.85. The quantitative estimate of drug-likeness (QED) is 0.117. The van der Waals surface area contributed by atoms with Crippen molar-refractivity contribution >= 4 is 90.9 Å². The summed E-state index contributed by atoms with van der Waals surface area (Å²) in [6.07, 6.45) is 0. The number of carbonyl (C=O) groups excluding carboxylic acids is 2. The minimum absolute atomic E-state index is 0.0515. The van der Waals surface area contributed by atoms with Crippen LogP contribution in [0.2, 0.25) is 10.0 Å². The van der Waals surface area contributed by atoms with E-state index < -0.39 is 54.3 Å². The van der Waals surface area contributed by atoms with Crippen LogP contribution >= 0.6 is 23.2 Å². The molecule has 0 aliphatic rings. The molecule has 2 amide bonds. The summed E-state index contributed by atoms with van der Waals surface area (Å²) in [5.74, 6) is -1.88. The number of fused-ring (bicyclic) bond motifs is 3. The first-order valence-electron chi connectivity index (χ1n) is 12.2. The predicted molar refractivity (Wildman–Crippen MR) is 161 cm³/mol. The number of aromatic amines is 1. The largest absolute Gasteiger partial charge is 0.351 e. The molecule has 3 N–H and O–H groups in total. The molecule has 0 spiro atoms. The Kier molecular flexibility index (Phi) is 7.72. The number of anilines is 2. The standard InChI is InChI=1S/C26H13Cl2N7O10/c27-13-5-19-20-6-14(28)8-22(30-26(37)12-3-17(34(42)43)10-18(4-12)35(44)45)24(20)31-23(19)21(7-13)29-25(36)11-1-15(32(38)39)9-16(2-11)33(40)41/h1-10,31H,(H,29,36)(H,30,37).